The van der Waals surface area contributed by atoms with Gasteiger partial charge in [0.05, 0.1) is 6.26 Å². The van der Waals surface area contributed by atoms with Gasteiger partial charge in [0.15, 0.2) is 17.0 Å². The summed E-state index contributed by atoms with van der Waals surface area (Å²) in [6.45, 7) is 2.16. The first kappa shape index (κ1) is 16.3. The van der Waals surface area contributed by atoms with E-state index in [0.29, 0.717) is 22.7 Å². The Morgan fingerprint density at radius 1 is 1.04 bits per heavy atom. The van der Waals surface area contributed by atoms with Crippen molar-refractivity contribution in [2.24, 2.45) is 0 Å². The molecule has 0 atom stereocenters. The molecule has 0 N–H and O–H groups in total. The number of hydrogen-bond donors (Lipinski definition) is 0. The quantitative estimate of drug-likeness (QED) is 0.443. The molecule has 0 saturated carbocycles. The average Bonchev–Trinajstić information content (AvgIpc) is 3.35. The Hall–Kier alpha value is -3.87. The minimum Gasteiger partial charge on any atom is -0.478 e. The molecular formula is C21H15N3O4. The summed E-state index contributed by atoms with van der Waals surface area (Å²) in [6.07, 6.45) is 3.21. The van der Waals surface area contributed by atoms with Gasteiger partial charge in [0.2, 0.25) is 5.75 Å². The summed E-state index contributed by atoms with van der Waals surface area (Å²) < 4.78 is 18.8. The minimum absolute atomic E-state index is 0.126. The Bertz CT molecular complexity index is 1350. The van der Waals surface area contributed by atoms with E-state index in [1.54, 1.807) is 18.7 Å². The van der Waals surface area contributed by atoms with E-state index in [1.807, 2.05) is 47.9 Å². The first-order valence-electron chi connectivity index (χ1n) is 8.72. The van der Waals surface area contributed by atoms with E-state index >= 15 is 0 Å². The molecule has 138 valence electrons. The molecule has 2 aromatic carbocycles. The molecular weight excluding hydrogens is 358 g/mol. The molecule has 0 radical (unpaired) electrons. The van der Waals surface area contributed by atoms with Gasteiger partial charge in [0.1, 0.15) is 12.9 Å². The normalized spacial score (nSPS) is 11.3. The van der Waals surface area contributed by atoms with E-state index in [-0.39, 0.29) is 6.61 Å². The molecule has 0 aliphatic heterocycles. The zero-order chi connectivity index (χ0) is 19.1. The van der Waals surface area contributed by atoms with Crippen molar-refractivity contribution in [2.45, 2.75) is 13.5 Å². The molecule has 0 bridgehead atoms. The van der Waals surface area contributed by atoms with Gasteiger partial charge in [-0.25, -0.2) is 4.79 Å². The van der Waals surface area contributed by atoms with Crippen molar-refractivity contribution in [3.63, 3.8) is 0 Å². The smallest absolute Gasteiger partial charge is 0.336 e. The second kappa shape index (κ2) is 6.38. The molecule has 0 amide bonds. The highest BCUT2D eigenvalue weighted by atomic mass is 16.5. The summed E-state index contributed by atoms with van der Waals surface area (Å²) in [5.74, 6) is 0.979. The molecule has 3 heterocycles. The Morgan fingerprint density at radius 3 is 2.71 bits per heavy atom. The summed E-state index contributed by atoms with van der Waals surface area (Å²) >= 11 is 0. The number of furan rings is 1. The van der Waals surface area contributed by atoms with Crippen LogP contribution in [0.5, 0.6) is 5.75 Å². The van der Waals surface area contributed by atoms with Crippen LogP contribution in [0.1, 0.15) is 11.4 Å². The molecule has 0 saturated heterocycles. The first-order valence-corrected chi connectivity index (χ1v) is 8.72. The van der Waals surface area contributed by atoms with Crippen LogP contribution in [0.2, 0.25) is 0 Å². The topological polar surface area (TPSA) is 83.3 Å². The fraction of sp³-hybridized carbons (Fsp3) is 0.0952. The van der Waals surface area contributed by atoms with Gasteiger partial charge in [-0.2, -0.15) is 0 Å². The van der Waals surface area contributed by atoms with Crippen molar-refractivity contribution in [1.82, 2.24) is 14.8 Å². The van der Waals surface area contributed by atoms with Gasteiger partial charge in [0.25, 0.3) is 0 Å². The fourth-order valence-corrected chi connectivity index (χ4v) is 3.15. The average molecular weight is 373 g/mol. The molecule has 5 aromatic rings. The van der Waals surface area contributed by atoms with Crippen molar-refractivity contribution in [1.29, 1.82) is 0 Å². The van der Waals surface area contributed by atoms with Gasteiger partial charge in [-0.05, 0) is 37.3 Å². The van der Waals surface area contributed by atoms with Crippen molar-refractivity contribution < 1.29 is 13.6 Å². The molecule has 5 rings (SSSR count). The third-order valence-corrected chi connectivity index (χ3v) is 4.56. The second-order valence-corrected chi connectivity index (χ2v) is 6.46. The van der Waals surface area contributed by atoms with Crippen LogP contribution < -0.4 is 10.4 Å². The van der Waals surface area contributed by atoms with Crippen LogP contribution in [0.3, 0.4) is 0 Å². The Balaban J connectivity index is 1.56. The van der Waals surface area contributed by atoms with Gasteiger partial charge in [0, 0.05) is 22.5 Å². The number of nitrogens with zero attached hydrogens (tertiary/aromatic N) is 3. The van der Waals surface area contributed by atoms with Crippen molar-refractivity contribution in [3.05, 3.63) is 82.9 Å². The molecule has 0 unspecified atom stereocenters. The van der Waals surface area contributed by atoms with Crippen LogP contribution >= 0.6 is 0 Å². The van der Waals surface area contributed by atoms with E-state index < -0.39 is 5.63 Å². The number of ether oxygens (including phenoxy) is 1. The fourth-order valence-electron chi connectivity index (χ4n) is 3.15. The van der Waals surface area contributed by atoms with Crippen molar-refractivity contribution in [3.8, 4) is 11.4 Å². The highest BCUT2D eigenvalue weighted by Crippen LogP contribution is 2.35. The van der Waals surface area contributed by atoms with Gasteiger partial charge in [-0.3, -0.25) is 4.57 Å². The molecule has 7 heteroatoms. The highest BCUT2D eigenvalue weighted by Gasteiger charge is 2.16. The lowest BCUT2D eigenvalue weighted by molar-refractivity contribution is 0.291. The third kappa shape index (κ3) is 2.73. The summed E-state index contributed by atoms with van der Waals surface area (Å²) in [4.78, 5) is 11.7. The lowest BCUT2D eigenvalue weighted by Gasteiger charge is -2.10. The van der Waals surface area contributed by atoms with Crippen LogP contribution in [0.25, 0.3) is 27.6 Å². The molecule has 3 aromatic heterocycles. The molecule has 0 spiro atoms. The van der Waals surface area contributed by atoms with E-state index in [0.717, 1.165) is 16.5 Å². The standard InChI is InChI=1S/C21H15N3O4/c1-13-2-5-16(6-3-13)24-12-22-23-17(24)11-27-21-19-15(8-9-26-19)10-14-4-7-18(25)28-20(14)21/h2-10,12H,11H2,1H3. The highest BCUT2D eigenvalue weighted by molar-refractivity contribution is 5.99. The molecule has 0 aliphatic carbocycles. The zero-order valence-electron chi connectivity index (χ0n) is 15.0. The van der Waals surface area contributed by atoms with Crippen LogP contribution in [0.4, 0.5) is 0 Å². The number of aryl methyl sites for hydroxylation is 1. The van der Waals surface area contributed by atoms with E-state index in [2.05, 4.69) is 10.2 Å². The molecule has 28 heavy (non-hydrogen) atoms. The SMILES string of the molecule is Cc1ccc(-n2cnnc2COc2c3occc3cc3ccc(=O)oc23)cc1. The van der Waals surface area contributed by atoms with E-state index in [9.17, 15) is 4.79 Å². The Kier molecular flexibility index (Phi) is 3.72. The van der Waals surface area contributed by atoms with Crippen molar-refractivity contribution >= 4 is 21.9 Å². The van der Waals surface area contributed by atoms with Gasteiger partial charge in [-0.1, -0.05) is 17.7 Å². The van der Waals surface area contributed by atoms with Crippen LogP contribution in [-0.2, 0) is 6.61 Å². The van der Waals surface area contributed by atoms with Crippen LogP contribution in [0, 0.1) is 6.92 Å². The maximum atomic E-state index is 11.7. The van der Waals surface area contributed by atoms with Gasteiger partial charge in [-0.15, -0.1) is 10.2 Å². The largest absolute Gasteiger partial charge is 0.478 e. The van der Waals surface area contributed by atoms with Crippen LogP contribution in [0.15, 0.2) is 74.8 Å². The molecule has 0 fully saturated rings. The monoisotopic (exact) mass is 373 g/mol. The van der Waals surface area contributed by atoms with E-state index in [1.165, 1.54) is 11.6 Å². The number of aromatic nitrogens is 3. The molecule has 0 aliphatic rings. The number of fused-ring (bicyclic) bond motifs is 2. The van der Waals surface area contributed by atoms with Crippen LogP contribution in [-0.4, -0.2) is 14.8 Å². The minimum atomic E-state index is -0.453. The number of benzene rings is 2. The number of rotatable bonds is 4. The summed E-state index contributed by atoms with van der Waals surface area (Å²) in [5, 5.41) is 9.77. The molecule has 7 nitrogen and oxygen atoms in total. The maximum Gasteiger partial charge on any atom is 0.336 e. The van der Waals surface area contributed by atoms with Crippen molar-refractivity contribution in [2.75, 3.05) is 0 Å². The first-order chi connectivity index (χ1) is 13.7. The summed E-state index contributed by atoms with van der Waals surface area (Å²) in [7, 11) is 0. The number of hydrogen-bond acceptors (Lipinski definition) is 6. The van der Waals surface area contributed by atoms with Gasteiger partial charge < -0.3 is 13.6 Å². The third-order valence-electron chi connectivity index (χ3n) is 4.56. The second-order valence-electron chi connectivity index (χ2n) is 6.46. The maximum absolute atomic E-state index is 11.7. The van der Waals surface area contributed by atoms with Gasteiger partial charge >= 0.3 is 5.63 Å². The summed E-state index contributed by atoms with van der Waals surface area (Å²) in [6, 6.07) is 14.8. The van der Waals surface area contributed by atoms with E-state index in [4.69, 9.17) is 13.6 Å². The lowest BCUT2D eigenvalue weighted by Crippen LogP contribution is -2.06. The predicted octanol–water partition coefficient (Wildman–Crippen LogP) is 4.01. The Labute approximate surface area is 158 Å². The zero-order valence-corrected chi connectivity index (χ0v) is 15.0. The Morgan fingerprint density at radius 2 is 1.86 bits per heavy atom. The summed E-state index contributed by atoms with van der Waals surface area (Å²) in [5.41, 5.74) is 2.51. The lowest BCUT2D eigenvalue weighted by atomic mass is 10.1. The predicted molar refractivity (Wildman–Crippen MR) is 103 cm³/mol.